The average Bonchev–Trinajstić information content (AvgIpc) is 2.48. The van der Waals surface area contributed by atoms with E-state index in [4.69, 9.17) is 5.11 Å². The maximum absolute atomic E-state index is 12.0. The largest absolute Gasteiger partial charge is 0.392 e. The van der Waals surface area contributed by atoms with Gasteiger partial charge in [-0.15, -0.1) is 0 Å². The molecule has 0 unspecified atom stereocenters. The zero-order chi connectivity index (χ0) is 15.2. The highest BCUT2D eigenvalue weighted by atomic mass is 16.3. The normalized spacial score (nSPS) is 10.9. The topological polar surface area (TPSA) is 67.2 Å². The van der Waals surface area contributed by atoms with Gasteiger partial charge in [-0.1, -0.05) is 38.1 Å². The number of rotatable bonds is 6. The molecule has 0 saturated heterocycles. The highest BCUT2D eigenvalue weighted by molar-refractivity contribution is 5.38. The number of anilines is 1. The third-order valence-corrected chi connectivity index (χ3v) is 3.12. The fourth-order valence-electron chi connectivity index (χ4n) is 1.89. The molecule has 2 rings (SSSR count). The summed E-state index contributed by atoms with van der Waals surface area (Å²) in [5.41, 5.74) is 2.45. The molecule has 0 saturated carbocycles. The van der Waals surface area contributed by atoms with Gasteiger partial charge in [0, 0.05) is 12.6 Å². The van der Waals surface area contributed by atoms with Gasteiger partial charge in [0.15, 0.2) is 0 Å². The van der Waals surface area contributed by atoms with Crippen LogP contribution in [-0.2, 0) is 13.2 Å². The third-order valence-electron chi connectivity index (χ3n) is 3.12. The van der Waals surface area contributed by atoms with Gasteiger partial charge in [-0.3, -0.25) is 4.79 Å². The monoisotopic (exact) mass is 287 g/mol. The Morgan fingerprint density at radius 3 is 2.48 bits per heavy atom. The van der Waals surface area contributed by atoms with Crippen LogP contribution in [0.4, 0.5) is 5.69 Å². The van der Waals surface area contributed by atoms with Crippen molar-refractivity contribution in [1.82, 2.24) is 9.78 Å². The van der Waals surface area contributed by atoms with Gasteiger partial charge >= 0.3 is 0 Å². The first-order valence-electron chi connectivity index (χ1n) is 7.08. The SMILES string of the molecule is CC(C)CNc1cnn(Cc2ccc(CO)cc2)c(=O)c1. The molecule has 5 nitrogen and oxygen atoms in total. The zero-order valence-electron chi connectivity index (χ0n) is 12.4. The van der Waals surface area contributed by atoms with Crippen LogP contribution in [0.2, 0.25) is 0 Å². The molecule has 0 spiro atoms. The maximum Gasteiger partial charge on any atom is 0.269 e. The van der Waals surface area contributed by atoms with Gasteiger partial charge in [0.1, 0.15) is 0 Å². The molecule has 0 fully saturated rings. The molecular weight excluding hydrogens is 266 g/mol. The van der Waals surface area contributed by atoms with Crippen LogP contribution in [0.25, 0.3) is 0 Å². The fraction of sp³-hybridized carbons (Fsp3) is 0.375. The van der Waals surface area contributed by atoms with Gasteiger partial charge in [0.25, 0.3) is 5.56 Å². The summed E-state index contributed by atoms with van der Waals surface area (Å²) in [6, 6.07) is 9.05. The fourth-order valence-corrected chi connectivity index (χ4v) is 1.89. The second kappa shape index (κ2) is 7.04. The number of aliphatic hydroxyl groups is 1. The van der Waals surface area contributed by atoms with Crippen molar-refractivity contribution in [2.45, 2.75) is 27.0 Å². The van der Waals surface area contributed by atoms with Crippen LogP contribution in [0.15, 0.2) is 41.3 Å². The van der Waals surface area contributed by atoms with Crippen LogP contribution in [-0.4, -0.2) is 21.4 Å². The van der Waals surface area contributed by atoms with Crippen molar-refractivity contribution in [2.24, 2.45) is 5.92 Å². The molecule has 0 aliphatic heterocycles. The molecule has 1 aromatic carbocycles. The number of hydrogen-bond acceptors (Lipinski definition) is 4. The van der Waals surface area contributed by atoms with Crippen molar-refractivity contribution in [3.8, 4) is 0 Å². The molecule has 0 bridgehead atoms. The molecule has 0 aliphatic rings. The summed E-state index contributed by atoms with van der Waals surface area (Å²) in [7, 11) is 0. The van der Waals surface area contributed by atoms with Crippen LogP contribution in [0, 0.1) is 5.92 Å². The van der Waals surface area contributed by atoms with Gasteiger partial charge in [-0.25, -0.2) is 4.68 Å². The summed E-state index contributed by atoms with van der Waals surface area (Å²) in [6.07, 6.45) is 1.67. The Morgan fingerprint density at radius 1 is 1.24 bits per heavy atom. The van der Waals surface area contributed by atoms with E-state index in [2.05, 4.69) is 24.3 Å². The summed E-state index contributed by atoms with van der Waals surface area (Å²) in [4.78, 5) is 12.0. The van der Waals surface area contributed by atoms with Crippen molar-refractivity contribution in [3.05, 3.63) is 58.0 Å². The van der Waals surface area contributed by atoms with E-state index in [1.807, 2.05) is 24.3 Å². The van der Waals surface area contributed by atoms with Crippen molar-refractivity contribution in [3.63, 3.8) is 0 Å². The second-order valence-corrected chi connectivity index (χ2v) is 5.49. The standard InChI is InChI=1S/C16H21N3O2/c1-12(2)8-17-15-7-16(21)19(18-9-15)10-13-3-5-14(11-20)6-4-13/h3-7,9,12,17,20H,8,10-11H2,1-2H3. The molecular formula is C16H21N3O2. The molecule has 1 aromatic heterocycles. The van der Waals surface area contributed by atoms with Gasteiger partial charge in [-0.2, -0.15) is 5.10 Å². The van der Waals surface area contributed by atoms with Crippen LogP contribution in [0.3, 0.4) is 0 Å². The summed E-state index contributed by atoms with van der Waals surface area (Å²) >= 11 is 0. The number of nitrogens with zero attached hydrogens (tertiary/aromatic N) is 2. The number of aromatic nitrogens is 2. The lowest BCUT2D eigenvalue weighted by Gasteiger charge is -2.10. The Bertz CT molecular complexity index is 633. The number of hydrogen-bond donors (Lipinski definition) is 2. The first kappa shape index (κ1) is 15.3. The summed E-state index contributed by atoms with van der Waals surface area (Å²) < 4.78 is 1.43. The quantitative estimate of drug-likeness (QED) is 0.851. The van der Waals surface area contributed by atoms with Gasteiger partial charge in [-0.05, 0) is 17.0 Å². The van der Waals surface area contributed by atoms with Crippen molar-refractivity contribution in [1.29, 1.82) is 0 Å². The number of nitrogens with one attached hydrogen (secondary N) is 1. The second-order valence-electron chi connectivity index (χ2n) is 5.49. The predicted octanol–water partition coefficient (Wildman–Crippen LogP) is 1.85. The van der Waals surface area contributed by atoms with E-state index in [9.17, 15) is 4.79 Å². The molecule has 0 aliphatic carbocycles. The number of benzene rings is 1. The van der Waals surface area contributed by atoms with Crippen LogP contribution in [0.1, 0.15) is 25.0 Å². The molecule has 2 N–H and O–H groups in total. The minimum absolute atomic E-state index is 0.0225. The van der Waals surface area contributed by atoms with E-state index in [1.54, 1.807) is 12.3 Å². The minimum Gasteiger partial charge on any atom is -0.392 e. The Kier molecular flexibility index (Phi) is 5.11. The summed E-state index contributed by atoms with van der Waals surface area (Å²) in [6.45, 7) is 5.48. The first-order chi connectivity index (χ1) is 10.1. The molecule has 2 aromatic rings. The van der Waals surface area contributed by atoms with E-state index >= 15 is 0 Å². The predicted molar refractivity (Wildman–Crippen MR) is 83.3 cm³/mol. The van der Waals surface area contributed by atoms with Crippen LogP contribution >= 0.6 is 0 Å². The molecule has 1 heterocycles. The Hall–Kier alpha value is -2.14. The smallest absolute Gasteiger partial charge is 0.269 e. The lowest BCUT2D eigenvalue weighted by molar-refractivity contribution is 0.282. The highest BCUT2D eigenvalue weighted by Gasteiger charge is 2.02. The van der Waals surface area contributed by atoms with E-state index in [0.717, 1.165) is 23.4 Å². The maximum atomic E-state index is 12.0. The lowest BCUT2D eigenvalue weighted by atomic mass is 10.1. The molecule has 0 amide bonds. The van der Waals surface area contributed by atoms with Gasteiger partial charge in [0.05, 0.1) is 25.0 Å². The molecule has 5 heteroatoms. The Morgan fingerprint density at radius 2 is 1.90 bits per heavy atom. The van der Waals surface area contributed by atoms with Crippen molar-refractivity contribution >= 4 is 5.69 Å². The summed E-state index contributed by atoms with van der Waals surface area (Å²) in [5.74, 6) is 0.512. The number of aliphatic hydroxyl groups excluding tert-OH is 1. The minimum atomic E-state index is -0.130. The van der Waals surface area contributed by atoms with Crippen molar-refractivity contribution < 1.29 is 5.11 Å². The lowest BCUT2D eigenvalue weighted by Crippen LogP contribution is -2.23. The first-order valence-corrected chi connectivity index (χ1v) is 7.08. The van der Waals surface area contributed by atoms with E-state index in [0.29, 0.717) is 12.5 Å². The van der Waals surface area contributed by atoms with Crippen LogP contribution in [0.5, 0.6) is 0 Å². The van der Waals surface area contributed by atoms with E-state index < -0.39 is 0 Å². The molecule has 21 heavy (non-hydrogen) atoms. The Labute approximate surface area is 124 Å². The van der Waals surface area contributed by atoms with E-state index in [1.165, 1.54) is 4.68 Å². The van der Waals surface area contributed by atoms with Crippen molar-refractivity contribution in [2.75, 3.05) is 11.9 Å². The van der Waals surface area contributed by atoms with E-state index in [-0.39, 0.29) is 12.2 Å². The van der Waals surface area contributed by atoms with Gasteiger partial charge in [0.2, 0.25) is 0 Å². The zero-order valence-corrected chi connectivity index (χ0v) is 12.4. The molecule has 112 valence electrons. The summed E-state index contributed by atoms with van der Waals surface area (Å²) in [5, 5.41) is 16.4. The molecule has 0 radical (unpaired) electrons. The Balaban J connectivity index is 2.08. The van der Waals surface area contributed by atoms with Gasteiger partial charge < -0.3 is 10.4 Å². The average molecular weight is 287 g/mol. The van der Waals surface area contributed by atoms with Crippen LogP contribution < -0.4 is 10.9 Å². The highest BCUT2D eigenvalue weighted by Crippen LogP contribution is 2.06. The molecule has 0 atom stereocenters. The third kappa shape index (κ3) is 4.43.